The number of hydrogen-bond acceptors (Lipinski definition) is 5. The Hall–Kier alpha value is -2.08. The lowest BCUT2D eigenvalue weighted by Gasteiger charge is -2.06. The number of hydrogen-bond donors (Lipinski definition) is 2. The lowest BCUT2D eigenvalue weighted by atomic mass is 10.3. The van der Waals surface area contributed by atoms with E-state index in [4.69, 9.17) is 18.0 Å². The average molecular weight is 245 g/mol. The summed E-state index contributed by atoms with van der Waals surface area (Å²) in [4.78, 5) is 12.5. The van der Waals surface area contributed by atoms with E-state index in [9.17, 15) is 0 Å². The summed E-state index contributed by atoms with van der Waals surface area (Å²) < 4.78 is 0. The maximum atomic E-state index is 5.51. The highest BCUT2D eigenvalue weighted by Crippen LogP contribution is 2.06. The minimum Gasteiger partial charge on any atom is -0.388 e. The normalized spacial score (nSPS) is 9.88. The fraction of sp³-hybridized carbons (Fsp3) is 0.0909. The molecule has 0 atom stereocenters. The van der Waals surface area contributed by atoms with Gasteiger partial charge in [-0.05, 0) is 18.2 Å². The van der Waals surface area contributed by atoms with Gasteiger partial charge in [-0.25, -0.2) is 15.0 Å². The number of nitrogens with zero attached hydrogens (tertiary/aromatic N) is 3. The molecule has 0 aliphatic heterocycles. The van der Waals surface area contributed by atoms with E-state index < -0.39 is 0 Å². The van der Waals surface area contributed by atoms with Gasteiger partial charge >= 0.3 is 0 Å². The van der Waals surface area contributed by atoms with E-state index in [0.29, 0.717) is 18.1 Å². The Labute approximate surface area is 104 Å². The quantitative estimate of drug-likeness (QED) is 0.786. The van der Waals surface area contributed by atoms with Crippen LogP contribution in [-0.2, 0) is 6.54 Å². The Bertz CT molecular complexity index is 514. The standard InChI is InChI=1S/C11H11N5S/c12-11(17)9-2-1-3-10(16-9)14-6-8-4-5-13-7-15-8/h1-5,7H,6H2,(H2,12,17)(H,14,16). The molecule has 0 amide bonds. The molecule has 0 radical (unpaired) electrons. The third-order valence-corrected chi connectivity index (χ3v) is 2.30. The molecule has 0 unspecified atom stereocenters. The summed E-state index contributed by atoms with van der Waals surface area (Å²) in [6.45, 7) is 0.580. The highest BCUT2D eigenvalue weighted by Gasteiger charge is 2.00. The predicted octanol–water partition coefficient (Wildman–Crippen LogP) is 1.12. The van der Waals surface area contributed by atoms with Crippen LogP contribution >= 0.6 is 12.2 Å². The van der Waals surface area contributed by atoms with E-state index >= 15 is 0 Å². The molecule has 0 aliphatic carbocycles. The second kappa shape index (κ2) is 5.31. The summed E-state index contributed by atoms with van der Waals surface area (Å²) in [6, 6.07) is 7.31. The third-order valence-electron chi connectivity index (χ3n) is 2.10. The van der Waals surface area contributed by atoms with Gasteiger partial charge in [0, 0.05) is 6.20 Å². The number of nitrogens with two attached hydrogens (primary N) is 1. The monoisotopic (exact) mass is 245 g/mol. The van der Waals surface area contributed by atoms with Gasteiger partial charge in [-0.15, -0.1) is 0 Å². The lowest BCUT2D eigenvalue weighted by molar-refractivity contribution is 0.995. The first kappa shape index (κ1) is 11.4. The average Bonchev–Trinajstić information content (AvgIpc) is 2.38. The second-order valence-electron chi connectivity index (χ2n) is 3.33. The summed E-state index contributed by atoms with van der Waals surface area (Å²) in [7, 11) is 0. The molecular weight excluding hydrogens is 234 g/mol. The van der Waals surface area contributed by atoms with Crippen molar-refractivity contribution in [1.82, 2.24) is 15.0 Å². The zero-order chi connectivity index (χ0) is 12.1. The van der Waals surface area contributed by atoms with Crippen molar-refractivity contribution in [2.45, 2.75) is 6.54 Å². The lowest BCUT2D eigenvalue weighted by Crippen LogP contribution is -2.12. The number of nitrogens with one attached hydrogen (secondary N) is 1. The molecule has 5 nitrogen and oxygen atoms in total. The van der Waals surface area contributed by atoms with Gasteiger partial charge in [0.05, 0.1) is 17.9 Å². The molecule has 3 N–H and O–H groups in total. The molecule has 6 heteroatoms. The van der Waals surface area contributed by atoms with Crippen LogP contribution in [0.5, 0.6) is 0 Å². The van der Waals surface area contributed by atoms with E-state index in [1.807, 2.05) is 18.2 Å². The fourth-order valence-corrected chi connectivity index (χ4v) is 1.39. The maximum absolute atomic E-state index is 5.51. The van der Waals surface area contributed by atoms with E-state index in [1.54, 1.807) is 12.3 Å². The molecule has 0 saturated heterocycles. The van der Waals surface area contributed by atoms with Gasteiger partial charge in [-0.1, -0.05) is 18.3 Å². The summed E-state index contributed by atoms with van der Waals surface area (Å²) in [5.41, 5.74) is 7.01. The van der Waals surface area contributed by atoms with Crippen molar-refractivity contribution < 1.29 is 0 Å². The van der Waals surface area contributed by atoms with Gasteiger partial charge in [-0.3, -0.25) is 0 Å². The summed E-state index contributed by atoms with van der Waals surface area (Å²) >= 11 is 4.87. The zero-order valence-electron chi connectivity index (χ0n) is 9.00. The molecule has 2 heterocycles. The maximum Gasteiger partial charge on any atom is 0.127 e. The van der Waals surface area contributed by atoms with Crippen LogP contribution in [0.1, 0.15) is 11.4 Å². The molecule has 86 valence electrons. The summed E-state index contributed by atoms with van der Waals surface area (Å²) in [6.07, 6.45) is 3.21. The highest BCUT2D eigenvalue weighted by molar-refractivity contribution is 7.80. The van der Waals surface area contributed by atoms with Crippen molar-refractivity contribution in [3.05, 3.63) is 48.2 Å². The van der Waals surface area contributed by atoms with Crippen molar-refractivity contribution >= 4 is 23.0 Å². The first-order valence-corrected chi connectivity index (χ1v) is 5.42. The van der Waals surface area contributed by atoms with Crippen LogP contribution < -0.4 is 11.1 Å². The molecule has 17 heavy (non-hydrogen) atoms. The van der Waals surface area contributed by atoms with Crippen molar-refractivity contribution in [1.29, 1.82) is 0 Å². The van der Waals surface area contributed by atoms with E-state index in [-0.39, 0.29) is 4.99 Å². The van der Waals surface area contributed by atoms with Crippen molar-refractivity contribution in [2.75, 3.05) is 5.32 Å². The molecular formula is C11H11N5S. The molecule has 2 rings (SSSR count). The number of aromatic nitrogens is 3. The number of pyridine rings is 1. The first-order valence-electron chi connectivity index (χ1n) is 5.01. The minimum atomic E-state index is 0.288. The molecule has 0 fully saturated rings. The molecule has 0 spiro atoms. The number of rotatable bonds is 4. The summed E-state index contributed by atoms with van der Waals surface area (Å²) in [5.74, 6) is 0.717. The second-order valence-corrected chi connectivity index (χ2v) is 3.77. The molecule has 0 bridgehead atoms. The first-order chi connectivity index (χ1) is 8.25. The van der Waals surface area contributed by atoms with Gasteiger partial charge in [0.2, 0.25) is 0 Å². The smallest absolute Gasteiger partial charge is 0.127 e. The van der Waals surface area contributed by atoms with Crippen molar-refractivity contribution in [3.63, 3.8) is 0 Å². The highest BCUT2D eigenvalue weighted by atomic mass is 32.1. The van der Waals surface area contributed by atoms with Crippen molar-refractivity contribution in [2.24, 2.45) is 5.73 Å². The van der Waals surface area contributed by atoms with Crippen molar-refractivity contribution in [3.8, 4) is 0 Å². The number of thiocarbonyl (C=S) groups is 1. The predicted molar refractivity (Wildman–Crippen MR) is 69.5 cm³/mol. The van der Waals surface area contributed by atoms with Crippen LogP contribution in [0.25, 0.3) is 0 Å². The fourth-order valence-electron chi connectivity index (χ4n) is 1.27. The topological polar surface area (TPSA) is 76.7 Å². The molecule has 0 saturated carbocycles. The zero-order valence-corrected chi connectivity index (χ0v) is 9.81. The van der Waals surface area contributed by atoms with Crippen LogP contribution in [0, 0.1) is 0 Å². The SMILES string of the molecule is NC(=S)c1cccc(NCc2ccncn2)n1. The van der Waals surface area contributed by atoms with Crippen LogP contribution in [0.4, 0.5) is 5.82 Å². The van der Waals surface area contributed by atoms with E-state index in [1.165, 1.54) is 6.33 Å². The third kappa shape index (κ3) is 3.18. The van der Waals surface area contributed by atoms with Gasteiger partial charge in [-0.2, -0.15) is 0 Å². The Morgan fingerprint density at radius 3 is 2.94 bits per heavy atom. The van der Waals surface area contributed by atoms with E-state index in [0.717, 1.165) is 5.69 Å². The number of anilines is 1. The van der Waals surface area contributed by atoms with Gasteiger partial charge in [0.25, 0.3) is 0 Å². The van der Waals surface area contributed by atoms with Crippen LogP contribution in [0.2, 0.25) is 0 Å². The van der Waals surface area contributed by atoms with E-state index in [2.05, 4.69) is 20.3 Å². The Kier molecular flexibility index (Phi) is 3.56. The Morgan fingerprint density at radius 1 is 1.35 bits per heavy atom. The van der Waals surface area contributed by atoms with Gasteiger partial charge in [0.15, 0.2) is 0 Å². The minimum absolute atomic E-state index is 0.288. The molecule has 0 aromatic carbocycles. The van der Waals surface area contributed by atoms with Crippen LogP contribution in [0.3, 0.4) is 0 Å². The van der Waals surface area contributed by atoms with Gasteiger partial charge < -0.3 is 11.1 Å². The van der Waals surface area contributed by atoms with Gasteiger partial charge in [0.1, 0.15) is 17.1 Å². The Morgan fingerprint density at radius 2 is 2.24 bits per heavy atom. The Balaban J connectivity index is 2.04. The molecule has 2 aromatic heterocycles. The molecule has 0 aliphatic rings. The van der Waals surface area contributed by atoms with Crippen LogP contribution in [0.15, 0.2) is 36.8 Å². The van der Waals surface area contributed by atoms with Crippen LogP contribution in [-0.4, -0.2) is 19.9 Å². The molecule has 2 aromatic rings. The summed E-state index contributed by atoms with van der Waals surface area (Å²) in [5, 5.41) is 3.14. The largest absolute Gasteiger partial charge is 0.388 e.